The fourth-order valence-corrected chi connectivity index (χ4v) is 3.22. The van der Waals surface area contributed by atoms with Crippen molar-refractivity contribution in [1.29, 1.82) is 5.26 Å². The first-order valence-corrected chi connectivity index (χ1v) is 9.67. The van der Waals surface area contributed by atoms with Crippen LogP contribution in [-0.2, 0) is 14.8 Å². The van der Waals surface area contributed by atoms with Crippen molar-refractivity contribution in [2.45, 2.75) is 11.8 Å². The third-order valence-electron chi connectivity index (χ3n) is 3.91. The van der Waals surface area contributed by atoms with Crippen LogP contribution in [0.4, 0.5) is 5.69 Å². The summed E-state index contributed by atoms with van der Waals surface area (Å²) in [6.07, 6.45) is 0. The van der Waals surface area contributed by atoms with E-state index in [-0.39, 0.29) is 11.5 Å². The van der Waals surface area contributed by atoms with Gasteiger partial charge in [-0.15, -0.1) is 0 Å². The van der Waals surface area contributed by atoms with Crippen molar-refractivity contribution in [2.24, 2.45) is 0 Å². The Morgan fingerprint density at radius 2 is 1.89 bits per heavy atom. The van der Waals surface area contributed by atoms with E-state index >= 15 is 0 Å². The predicted molar refractivity (Wildman–Crippen MR) is 104 cm³/mol. The zero-order valence-corrected chi connectivity index (χ0v) is 16.8. The minimum absolute atomic E-state index is 0.0769. The third-order valence-corrected chi connectivity index (χ3v) is 5.72. The molecule has 0 unspecified atom stereocenters. The molecule has 2 aromatic carbocycles. The van der Waals surface area contributed by atoms with Gasteiger partial charge in [0.25, 0.3) is 5.91 Å². The Kier molecular flexibility index (Phi) is 6.62. The molecule has 0 radical (unpaired) electrons. The first-order valence-electron chi connectivity index (χ1n) is 8.23. The number of rotatable bonds is 7. The molecule has 0 aliphatic heterocycles. The molecule has 2 aromatic rings. The van der Waals surface area contributed by atoms with Gasteiger partial charge in [-0.2, -0.15) is 5.26 Å². The first-order chi connectivity index (χ1) is 13.2. The quantitative estimate of drug-likeness (QED) is 0.759. The Morgan fingerprint density at radius 3 is 2.50 bits per heavy atom. The van der Waals surface area contributed by atoms with Gasteiger partial charge in [0, 0.05) is 25.8 Å². The van der Waals surface area contributed by atoms with Gasteiger partial charge in [-0.25, -0.2) is 12.7 Å². The molecule has 28 heavy (non-hydrogen) atoms. The third kappa shape index (κ3) is 4.79. The van der Waals surface area contributed by atoms with Crippen LogP contribution >= 0.6 is 0 Å². The summed E-state index contributed by atoms with van der Waals surface area (Å²) in [7, 11) is 0.693. The SMILES string of the molecule is COc1cc(C#N)ccc1OCC(=O)Nc1cc(S(=O)(=O)N(C)C)ccc1C. The average Bonchev–Trinajstić information content (AvgIpc) is 2.67. The molecule has 0 atom stereocenters. The normalized spacial score (nSPS) is 11.0. The molecule has 0 aliphatic rings. The van der Waals surface area contributed by atoms with Crippen molar-refractivity contribution in [3.05, 3.63) is 47.5 Å². The van der Waals surface area contributed by atoms with E-state index in [1.165, 1.54) is 39.4 Å². The second-order valence-corrected chi connectivity index (χ2v) is 8.23. The highest BCUT2D eigenvalue weighted by molar-refractivity contribution is 7.89. The summed E-state index contributed by atoms with van der Waals surface area (Å²) >= 11 is 0. The lowest BCUT2D eigenvalue weighted by Gasteiger charge is -2.15. The van der Waals surface area contributed by atoms with Gasteiger partial charge in [0.05, 0.1) is 23.6 Å². The molecule has 0 fully saturated rings. The molecule has 0 aliphatic carbocycles. The molecule has 1 N–H and O–H groups in total. The molecule has 0 saturated heterocycles. The van der Waals surface area contributed by atoms with Gasteiger partial charge < -0.3 is 14.8 Å². The molecule has 148 valence electrons. The van der Waals surface area contributed by atoms with Crippen LogP contribution in [0.2, 0.25) is 0 Å². The topological polar surface area (TPSA) is 109 Å². The lowest BCUT2D eigenvalue weighted by atomic mass is 10.2. The molecule has 0 saturated carbocycles. The van der Waals surface area contributed by atoms with E-state index in [0.717, 1.165) is 4.31 Å². The van der Waals surface area contributed by atoms with Gasteiger partial charge in [0.15, 0.2) is 18.1 Å². The maximum Gasteiger partial charge on any atom is 0.262 e. The number of sulfonamides is 1. The summed E-state index contributed by atoms with van der Waals surface area (Å²) in [6, 6.07) is 11.1. The Hall–Kier alpha value is -3.09. The maximum atomic E-state index is 12.3. The minimum Gasteiger partial charge on any atom is -0.493 e. The smallest absolute Gasteiger partial charge is 0.262 e. The van der Waals surface area contributed by atoms with Crippen molar-refractivity contribution >= 4 is 21.6 Å². The number of nitriles is 1. The van der Waals surface area contributed by atoms with Gasteiger partial charge in [0.1, 0.15) is 0 Å². The minimum atomic E-state index is -3.61. The highest BCUT2D eigenvalue weighted by Gasteiger charge is 2.19. The fraction of sp³-hybridized carbons (Fsp3) is 0.263. The molecular formula is C19H21N3O5S. The number of nitrogens with zero attached hydrogens (tertiary/aromatic N) is 2. The van der Waals surface area contributed by atoms with Gasteiger partial charge >= 0.3 is 0 Å². The van der Waals surface area contributed by atoms with Crippen LogP contribution in [0, 0.1) is 18.3 Å². The van der Waals surface area contributed by atoms with Crippen molar-refractivity contribution in [3.63, 3.8) is 0 Å². The Bertz CT molecular complexity index is 1030. The summed E-state index contributed by atoms with van der Waals surface area (Å²) in [5.41, 5.74) is 1.49. The van der Waals surface area contributed by atoms with E-state index in [2.05, 4.69) is 5.32 Å². The van der Waals surface area contributed by atoms with Gasteiger partial charge in [-0.1, -0.05) is 6.07 Å². The molecule has 0 aromatic heterocycles. The number of carbonyl (C=O) groups is 1. The molecule has 0 bridgehead atoms. The van der Waals surface area contributed by atoms with Crippen LogP contribution in [0.15, 0.2) is 41.3 Å². The van der Waals surface area contributed by atoms with Crippen molar-refractivity contribution in [1.82, 2.24) is 4.31 Å². The van der Waals surface area contributed by atoms with Crippen LogP contribution in [0.1, 0.15) is 11.1 Å². The summed E-state index contributed by atoms with van der Waals surface area (Å²) in [5.74, 6) is 0.188. The van der Waals surface area contributed by atoms with Crippen LogP contribution in [-0.4, -0.2) is 46.4 Å². The van der Waals surface area contributed by atoms with Gasteiger partial charge in [-0.3, -0.25) is 4.79 Å². The van der Waals surface area contributed by atoms with Crippen molar-refractivity contribution in [3.8, 4) is 17.6 Å². The van der Waals surface area contributed by atoms with E-state index in [1.54, 1.807) is 25.1 Å². The summed E-state index contributed by atoms with van der Waals surface area (Å²) in [6.45, 7) is 1.44. The number of hydrogen-bond donors (Lipinski definition) is 1. The number of carbonyl (C=O) groups excluding carboxylic acids is 1. The number of anilines is 1. The highest BCUT2D eigenvalue weighted by Crippen LogP contribution is 2.28. The van der Waals surface area contributed by atoms with Crippen LogP contribution in [0.25, 0.3) is 0 Å². The van der Waals surface area contributed by atoms with Crippen molar-refractivity contribution < 1.29 is 22.7 Å². The lowest BCUT2D eigenvalue weighted by molar-refractivity contribution is -0.118. The van der Waals surface area contributed by atoms with Crippen LogP contribution in [0.3, 0.4) is 0 Å². The highest BCUT2D eigenvalue weighted by atomic mass is 32.2. The maximum absolute atomic E-state index is 12.3. The number of hydrogen-bond acceptors (Lipinski definition) is 6. The van der Waals surface area contributed by atoms with E-state index in [9.17, 15) is 13.2 Å². The molecular weight excluding hydrogens is 382 g/mol. The zero-order valence-electron chi connectivity index (χ0n) is 16.0. The monoisotopic (exact) mass is 403 g/mol. The standard InChI is InChI=1S/C19H21N3O5S/c1-13-5-7-15(28(24,25)22(2)3)10-16(13)21-19(23)12-27-17-8-6-14(11-20)9-18(17)26-4/h5-10H,12H2,1-4H3,(H,21,23). The summed E-state index contributed by atoms with van der Waals surface area (Å²) < 4.78 is 36.3. The lowest BCUT2D eigenvalue weighted by Crippen LogP contribution is -2.23. The first kappa shape index (κ1) is 21.2. The molecule has 0 spiro atoms. The second kappa shape index (κ2) is 8.73. The molecule has 2 rings (SSSR count). The number of aryl methyl sites for hydroxylation is 1. The van der Waals surface area contributed by atoms with Crippen LogP contribution in [0.5, 0.6) is 11.5 Å². The van der Waals surface area contributed by atoms with Crippen molar-refractivity contribution in [2.75, 3.05) is 33.1 Å². The fourth-order valence-electron chi connectivity index (χ4n) is 2.29. The average molecular weight is 403 g/mol. The Morgan fingerprint density at radius 1 is 1.18 bits per heavy atom. The number of nitrogens with one attached hydrogen (secondary N) is 1. The summed E-state index contributed by atoms with van der Waals surface area (Å²) in [5, 5.41) is 11.6. The Labute approximate surface area is 164 Å². The number of methoxy groups -OCH3 is 1. The van der Waals surface area contributed by atoms with E-state index < -0.39 is 15.9 Å². The molecule has 0 heterocycles. The number of benzene rings is 2. The van der Waals surface area contributed by atoms with Crippen LogP contribution < -0.4 is 14.8 Å². The number of ether oxygens (including phenoxy) is 2. The number of amides is 1. The van der Waals surface area contributed by atoms with Gasteiger partial charge in [0.2, 0.25) is 10.0 Å². The zero-order chi connectivity index (χ0) is 20.9. The predicted octanol–water partition coefficient (Wildman–Crippen LogP) is 2.14. The Balaban J connectivity index is 2.13. The van der Waals surface area contributed by atoms with E-state index in [4.69, 9.17) is 14.7 Å². The molecule has 1 amide bonds. The molecule has 9 heteroatoms. The van der Waals surface area contributed by atoms with Gasteiger partial charge in [-0.05, 0) is 36.8 Å². The van der Waals surface area contributed by atoms with E-state index in [0.29, 0.717) is 28.3 Å². The second-order valence-electron chi connectivity index (χ2n) is 6.08. The molecule has 8 nitrogen and oxygen atoms in total. The largest absolute Gasteiger partial charge is 0.493 e. The van der Waals surface area contributed by atoms with E-state index in [1.807, 2.05) is 6.07 Å². The summed E-state index contributed by atoms with van der Waals surface area (Å²) in [4.78, 5) is 12.3.